The van der Waals surface area contributed by atoms with Crippen LogP contribution >= 0.6 is 0 Å². The number of rotatable bonds is 1. The van der Waals surface area contributed by atoms with Crippen LogP contribution in [0.5, 0.6) is 0 Å². The van der Waals surface area contributed by atoms with E-state index in [0.29, 0.717) is 0 Å². The zero-order valence-corrected chi connectivity index (χ0v) is 5.06. The predicted octanol–water partition coefficient (Wildman–Crippen LogP) is 0.585. The minimum absolute atomic E-state index is 0.150. The Labute approximate surface area is 52.1 Å². The summed E-state index contributed by atoms with van der Waals surface area (Å²) in [6.07, 6.45) is -0.910. The zero-order chi connectivity index (χ0) is 6.85. The molecule has 0 atom stereocenters. The molecule has 1 heterocycles. The first-order valence-electron chi connectivity index (χ1n) is 2.65. The molecule has 1 N–H and O–H groups in total. The highest BCUT2D eigenvalue weighted by Crippen LogP contribution is 2.11. The van der Waals surface area contributed by atoms with Crippen molar-refractivity contribution >= 4 is 0 Å². The summed E-state index contributed by atoms with van der Waals surface area (Å²) >= 11 is 0. The van der Waals surface area contributed by atoms with Crippen molar-refractivity contribution in [1.29, 1.82) is 0 Å². The average Bonchev–Trinajstić information content (AvgIpc) is 2.14. The van der Waals surface area contributed by atoms with E-state index < -0.39 is 6.43 Å². The highest BCUT2D eigenvalue weighted by molar-refractivity contribution is 5.09. The van der Waals surface area contributed by atoms with Gasteiger partial charge in [-0.15, -0.1) is 0 Å². The van der Waals surface area contributed by atoms with Gasteiger partial charge in [-0.05, 0) is 0 Å². The van der Waals surface area contributed by atoms with Crippen molar-refractivity contribution in [2.45, 2.75) is 6.43 Å². The molecule has 2 nitrogen and oxygen atoms in total. The van der Waals surface area contributed by atoms with E-state index in [2.05, 4.69) is 5.43 Å². The minimum Gasteiger partial charge on any atom is -0.318 e. The first kappa shape index (κ1) is 6.48. The fourth-order valence-electron chi connectivity index (χ4n) is 0.690. The Balaban J connectivity index is 2.52. The maximum atomic E-state index is 11.8. The molecule has 0 amide bonds. The summed E-state index contributed by atoms with van der Waals surface area (Å²) in [5.41, 5.74) is 2.86. The molecule has 0 saturated heterocycles. The summed E-state index contributed by atoms with van der Waals surface area (Å²) in [4.78, 5) is 0. The molecular weight excluding hydrogens is 126 g/mol. The molecule has 1 aliphatic heterocycles. The maximum Gasteiger partial charge on any atom is 0.262 e. The van der Waals surface area contributed by atoms with Crippen LogP contribution in [0.3, 0.4) is 0 Å². The summed E-state index contributed by atoms with van der Waals surface area (Å²) in [6.45, 7) is 0.272. The van der Waals surface area contributed by atoms with Crippen molar-refractivity contribution in [2.24, 2.45) is 0 Å². The van der Waals surface area contributed by atoms with E-state index in [-0.39, 0.29) is 12.1 Å². The largest absolute Gasteiger partial charge is 0.318 e. The van der Waals surface area contributed by atoms with Crippen molar-refractivity contribution in [1.82, 2.24) is 10.4 Å². The monoisotopic (exact) mass is 134 g/mol. The van der Waals surface area contributed by atoms with Gasteiger partial charge in [-0.3, -0.25) is 0 Å². The van der Waals surface area contributed by atoms with Gasteiger partial charge in [0, 0.05) is 25.4 Å². The van der Waals surface area contributed by atoms with Crippen molar-refractivity contribution in [2.75, 3.05) is 13.6 Å². The van der Waals surface area contributed by atoms with E-state index in [1.165, 1.54) is 11.2 Å². The molecular formula is C5H8F2N2. The Hall–Kier alpha value is -0.640. The SMILES string of the molecule is CN1C=C(C(F)F)CN1. The summed E-state index contributed by atoms with van der Waals surface area (Å²) in [7, 11) is 1.69. The van der Waals surface area contributed by atoms with Crippen LogP contribution in [-0.2, 0) is 0 Å². The molecule has 4 heteroatoms. The molecule has 0 bridgehead atoms. The molecule has 1 aliphatic rings. The van der Waals surface area contributed by atoms with Crippen LogP contribution in [0.25, 0.3) is 0 Å². The first-order valence-corrected chi connectivity index (χ1v) is 2.65. The van der Waals surface area contributed by atoms with Crippen LogP contribution in [0.1, 0.15) is 0 Å². The smallest absolute Gasteiger partial charge is 0.262 e. The molecule has 0 radical (unpaired) electrons. The molecule has 0 fully saturated rings. The van der Waals surface area contributed by atoms with E-state index >= 15 is 0 Å². The fourth-order valence-corrected chi connectivity index (χ4v) is 0.690. The number of hydrogen-bond acceptors (Lipinski definition) is 2. The van der Waals surface area contributed by atoms with Gasteiger partial charge >= 0.3 is 0 Å². The Morgan fingerprint density at radius 1 is 1.78 bits per heavy atom. The molecule has 0 aromatic rings. The van der Waals surface area contributed by atoms with Crippen molar-refractivity contribution < 1.29 is 8.78 Å². The molecule has 0 unspecified atom stereocenters. The summed E-state index contributed by atoms with van der Waals surface area (Å²) < 4.78 is 23.6. The van der Waals surface area contributed by atoms with Crippen LogP contribution in [0.15, 0.2) is 11.8 Å². The lowest BCUT2D eigenvalue weighted by Gasteiger charge is -2.04. The first-order chi connectivity index (χ1) is 4.20. The maximum absolute atomic E-state index is 11.8. The average molecular weight is 134 g/mol. The third-order valence-electron chi connectivity index (χ3n) is 1.17. The molecule has 1 rings (SSSR count). The zero-order valence-electron chi connectivity index (χ0n) is 5.06. The molecule has 0 aromatic carbocycles. The normalized spacial score (nSPS) is 19.1. The van der Waals surface area contributed by atoms with E-state index in [9.17, 15) is 8.78 Å². The molecule has 9 heavy (non-hydrogen) atoms. The molecule has 0 aromatic heterocycles. The van der Waals surface area contributed by atoms with Crippen LogP contribution in [0, 0.1) is 0 Å². The number of alkyl halides is 2. The number of nitrogens with one attached hydrogen (secondary N) is 1. The highest BCUT2D eigenvalue weighted by atomic mass is 19.3. The van der Waals surface area contributed by atoms with Gasteiger partial charge in [0.1, 0.15) is 0 Å². The minimum atomic E-state index is -2.32. The third kappa shape index (κ3) is 1.38. The third-order valence-corrected chi connectivity index (χ3v) is 1.17. The van der Waals surface area contributed by atoms with Gasteiger partial charge < -0.3 is 5.01 Å². The van der Waals surface area contributed by atoms with Crippen molar-refractivity contribution in [3.05, 3.63) is 11.8 Å². The lowest BCUT2D eigenvalue weighted by Crippen LogP contribution is -2.24. The van der Waals surface area contributed by atoms with Gasteiger partial charge in [0.25, 0.3) is 6.43 Å². The van der Waals surface area contributed by atoms with E-state index in [1.54, 1.807) is 7.05 Å². The Kier molecular flexibility index (Phi) is 1.66. The molecule has 0 saturated carbocycles. The number of hydrazine groups is 1. The summed E-state index contributed by atoms with van der Waals surface area (Å²) in [5, 5.41) is 1.53. The predicted molar refractivity (Wildman–Crippen MR) is 29.9 cm³/mol. The quantitative estimate of drug-likeness (QED) is 0.564. The van der Waals surface area contributed by atoms with Crippen LogP contribution in [0.2, 0.25) is 0 Å². The fraction of sp³-hybridized carbons (Fsp3) is 0.600. The Morgan fingerprint density at radius 3 is 2.67 bits per heavy atom. The van der Waals surface area contributed by atoms with Crippen LogP contribution < -0.4 is 5.43 Å². The second kappa shape index (κ2) is 2.31. The van der Waals surface area contributed by atoms with Crippen molar-refractivity contribution in [3.63, 3.8) is 0 Å². The van der Waals surface area contributed by atoms with Gasteiger partial charge in [-0.1, -0.05) is 0 Å². The van der Waals surface area contributed by atoms with Gasteiger partial charge in [-0.2, -0.15) is 0 Å². The molecule has 0 spiro atoms. The molecule has 52 valence electrons. The van der Waals surface area contributed by atoms with Gasteiger partial charge in [-0.25, -0.2) is 14.2 Å². The number of halogens is 2. The van der Waals surface area contributed by atoms with Crippen LogP contribution in [0.4, 0.5) is 8.78 Å². The summed E-state index contributed by atoms with van der Waals surface area (Å²) in [5.74, 6) is 0. The number of nitrogens with zero attached hydrogens (tertiary/aromatic N) is 1. The lowest BCUT2D eigenvalue weighted by molar-refractivity contribution is 0.188. The Morgan fingerprint density at radius 2 is 2.44 bits per heavy atom. The van der Waals surface area contributed by atoms with Crippen molar-refractivity contribution in [3.8, 4) is 0 Å². The number of hydrogen-bond donors (Lipinski definition) is 1. The second-order valence-electron chi connectivity index (χ2n) is 1.95. The van der Waals surface area contributed by atoms with E-state index in [4.69, 9.17) is 0 Å². The summed E-state index contributed by atoms with van der Waals surface area (Å²) in [6, 6.07) is 0. The second-order valence-corrected chi connectivity index (χ2v) is 1.95. The molecule has 0 aliphatic carbocycles. The highest BCUT2D eigenvalue weighted by Gasteiger charge is 2.16. The topological polar surface area (TPSA) is 15.3 Å². The van der Waals surface area contributed by atoms with Gasteiger partial charge in [0.2, 0.25) is 0 Å². The Bertz CT molecular complexity index is 133. The van der Waals surface area contributed by atoms with E-state index in [0.717, 1.165) is 0 Å². The van der Waals surface area contributed by atoms with E-state index in [1.807, 2.05) is 0 Å². The van der Waals surface area contributed by atoms with Gasteiger partial charge in [0.15, 0.2) is 0 Å². The standard InChI is InChI=1S/C5H8F2N2/c1-9-3-4(2-8-9)5(6)7/h3,5,8H,2H2,1H3. The van der Waals surface area contributed by atoms with Crippen LogP contribution in [-0.4, -0.2) is 25.0 Å². The lowest BCUT2D eigenvalue weighted by atomic mass is 10.3. The van der Waals surface area contributed by atoms with Gasteiger partial charge in [0.05, 0.1) is 0 Å².